The molecule has 0 saturated heterocycles. The Hall–Kier alpha value is -3.88. The summed E-state index contributed by atoms with van der Waals surface area (Å²) < 4.78 is 48.0. The van der Waals surface area contributed by atoms with E-state index in [2.05, 4.69) is 31.2 Å². The molecule has 0 heterocycles. The Morgan fingerprint density at radius 2 is 1.02 bits per heavy atom. The number of amides is 4. The highest BCUT2D eigenvalue weighted by molar-refractivity contribution is 7.90. The van der Waals surface area contributed by atoms with E-state index in [0.717, 1.165) is 49.7 Å². The number of rotatable bonds is 39. The van der Waals surface area contributed by atoms with Crippen LogP contribution in [0.1, 0.15) is 120 Å². The molecule has 1 rings (SSSR count). The molecule has 0 atom stereocenters. The molecular formula is C41H74N8O10S. The number of carbonyl (C=O) groups is 4. The van der Waals surface area contributed by atoms with Crippen LogP contribution in [0.25, 0.3) is 0 Å². The third kappa shape index (κ3) is 33.9. The number of nitrogens with zero attached hydrogens (tertiary/aromatic N) is 1. The number of nitrogens with one attached hydrogen (secondary N) is 5. The van der Waals surface area contributed by atoms with Crippen molar-refractivity contribution in [2.24, 2.45) is 16.8 Å². The number of nitrogens with two attached hydrogens (primary N) is 2. The zero-order chi connectivity index (χ0) is 43.9. The molecule has 0 aliphatic carbocycles. The van der Waals surface area contributed by atoms with Crippen LogP contribution < -0.4 is 37.8 Å². The Balaban J connectivity index is 1.86. The number of hydrazine groups is 1. The molecule has 18 nitrogen and oxygen atoms in total. The lowest BCUT2D eigenvalue weighted by molar-refractivity contribution is -0.127. The van der Waals surface area contributed by atoms with Crippen molar-refractivity contribution >= 4 is 39.5 Å². The van der Waals surface area contributed by atoms with E-state index in [-0.39, 0.29) is 102 Å². The molecule has 0 aliphatic heterocycles. The minimum Gasteiger partial charge on any atom is -0.377 e. The number of unbranched alkanes of at least 4 members (excludes halogenated alkanes) is 12. The predicted octanol–water partition coefficient (Wildman–Crippen LogP) is 2.72. The maximum atomic E-state index is 12.3. The molecule has 0 radical (unpaired) electrons. The molecule has 0 unspecified atom stereocenters. The molecule has 1 aromatic rings. The lowest BCUT2D eigenvalue weighted by Gasteiger charge is -2.09. The molecule has 0 aromatic heterocycles. The number of sulfonamides is 1. The van der Waals surface area contributed by atoms with E-state index in [4.69, 9.17) is 30.6 Å². The van der Waals surface area contributed by atoms with Crippen molar-refractivity contribution in [3.8, 4) is 0 Å². The van der Waals surface area contributed by atoms with E-state index in [1.807, 2.05) is 31.2 Å². The first kappa shape index (κ1) is 54.1. The minimum atomic E-state index is -3.80. The lowest BCUT2D eigenvalue weighted by Crippen LogP contribution is -2.33. The van der Waals surface area contributed by atoms with Crippen LogP contribution in [0.3, 0.4) is 0 Å². The number of benzene rings is 1. The Labute approximate surface area is 357 Å². The molecule has 60 heavy (non-hydrogen) atoms. The van der Waals surface area contributed by atoms with Crippen molar-refractivity contribution in [2.45, 2.75) is 123 Å². The van der Waals surface area contributed by atoms with E-state index >= 15 is 0 Å². The van der Waals surface area contributed by atoms with Crippen molar-refractivity contribution in [1.29, 1.82) is 0 Å². The number of amidine groups is 1. The van der Waals surface area contributed by atoms with Crippen LogP contribution in [0.5, 0.6) is 0 Å². The second kappa shape index (κ2) is 36.9. The van der Waals surface area contributed by atoms with Crippen molar-refractivity contribution in [1.82, 2.24) is 26.1 Å². The van der Waals surface area contributed by atoms with Crippen LogP contribution in [-0.4, -0.2) is 110 Å². The van der Waals surface area contributed by atoms with Crippen LogP contribution in [0, 0.1) is 6.92 Å². The standard InChI is InChI=1S/C41H74N8O10S/c1-35-19-21-36(22-20-35)32-46-41(53)34-59-30-28-57-26-24-45-40(52)33-58-29-27-56-25-23-44-38(50)18-15-31-60(54,55)49-39(51)17-14-12-10-8-6-4-2-3-5-7-9-11-13-16-37(47-42)48-43/h19-22H,2-18,23-34,42-43H2,1H3,(H,44,50)(H,45,52)(H,46,53)(H,47,48)(H,49,51). The number of aryl methyl sites for hydroxylation is 1. The summed E-state index contributed by atoms with van der Waals surface area (Å²) in [5, 5.41) is 11.7. The molecule has 19 heteroatoms. The summed E-state index contributed by atoms with van der Waals surface area (Å²) >= 11 is 0. The van der Waals surface area contributed by atoms with Crippen molar-refractivity contribution in [3.05, 3.63) is 35.4 Å². The number of hydrogen-bond donors (Lipinski definition) is 7. The van der Waals surface area contributed by atoms with Gasteiger partial charge in [0, 0.05) is 38.9 Å². The second-order valence-electron chi connectivity index (χ2n) is 14.6. The quantitative estimate of drug-likeness (QED) is 0.0165. The number of hydrogen-bond acceptors (Lipinski definition) is 13. The molecule has 1 aromatic carbocycles. The highest BCUT2D eigenvalue weighted by Crippen LogP contribution is 2.13. The average molecular weight is 871 g/mol. The van der Waals surface area contributed by atoms with Crippen molar-refractivity contribution in [2.75, 3.05) is 71.7 Å². The van der Waals surface area contributed by atoms with Gasteiger partial charge in [0.1, 0.15) is 19.0 Å². The van der Waals surface area contributed by atoms with Gasteiger partial charge in [0.05, 0.1) is 45.4 Å². The first-order valence-electron chi connectivity index (χ1n) is 21.5. The summed E-state index contributed by atoms with van der Waals surface area (Å²) in [7, 11) is -3.80. The molecule has 0 aliphatic rings. The molecule has 0 bridgehead atoms. The van der Waals surface area contributed by atoms with Crippen molar-refractivity contribution in [3.63, 3.8) is 0 Å². The fraction of sp³-hybridized carbons (Fsp3) is 0.732. The van der Waals surface area contributed by atoms with Gasteiger partial charge in [-0.15, -0.1) is 0 Å². The van der Waals surface area contributed by atoms with Gasteiger partial charge >= 0.3 is 0 Å². The lowest BCUT2D eigenvalue weighted by atomic mass is 10.0. The molecule has 4 amide bonds. The Kier molecular flexibility index (Phi) is 33.3. The minimum absolute atomic E-state index is 0.000380. The third-order valence-corrected chi connectivity index (χ3v) is 10.5. The van der Waals surface area contributed by atoms with Crippen LogP contribution >= 0.6 is 0 Å². The smallest absolute Gasteiger partial charge is 0.246 e. The van der Waals surface area contributed by atoms with Gasteiger partial charge in [-0.1, -0.05) is 100 Å². The van der Waals surface area contributed by atoms with Crippen molar-refractivity contribution < 1.29 is 46.5 Å². The van der Waals surface area contributed by atoms with Gasteiger partial charge in [0.25, 0.3) is 0 Å². The van der Waals surface area contributed by atoms with Crippen LogP contribution in [0.2, 0.25) is 0 Å². The topological polar surface area (TPSA) is 264 Å². The Morgan fingerprint density at radius 1 is 0.567 bits per heavy atom. The SMILES string of the molecule is Cc1ccc(CNC(=O)COCCOCCNC(=O)COCCOCCNC(=O)CCCS(=O)(=O)NC(=O)CCCCCCCCCCCCCCC/C(=N/N)NN)cc1. The zero-order valence-corrected chi connectivity index (χ0v) is 36.7. The Morgan fingerprint density at radius 3 is 1.53 bits per heavy atom. The van der Waals surface area contributed by atoms with E-state index < -0.39 is 15.9 Å². The normalized spacial score (nSPS) is 11.6. The van der Waals surface area contributed by atoms with E-state index in [0.29, 0.717) is 25.3 Å². The molecule has 9 N–H and O–H groups in total. The third-order valence-electron chi connectivity index (χ3n) is 9.18. The monoisotopic (exact) mass is 871 g/mol. The van der Waals surface area contributed by atoms with Crippen LogP contribution in [0.4, 0.5) is 0 Å². The van der Waals surface area contributed by atoms with Crippen LogP contribution in [-0.2, 0) is 54.7 Å². The first-order valence-corrected chi connectivity index (χ1v) is 23.1. The molecule has 344 valence electrons. The maximum Gasteiger partial charge on any atom is 0.246 e. The maximum absolute atomic E-state index is 12.3. The van der Waals surface area contributed by atoms with Gasteiger partial charge < -0.3 is 46.2 Å². The highest BCUT2D eigenvalue weighted by Gasteiger charge is 2.15. The summed E-state index contributed by atoms with van der Waals surface area (Å²) in [6, 6.07) is 7.90. The molecule has 0 spiro atoms. The zero-order valence-electron chi connectivity index (χ0n) is 35.9. The van der Waals surface area contributed by atoms with Gasteiger partial charge in [-0.2, -0.15) is 5.10 Å². The van der Waals surface area contributed by atoms with Gasteiger partial charge in [-0.3, -0.25) is 23.9 Å². The summed E-state index contributed by atoms with van der Waals surface area (Å²) in [5.41, 5.74) is 4.67. The summed E-state index contributed by atoms with van der Waals surface area (Å²) in [5.74, 6) is 9.52. The van der Waals surface area contributed by atoms with Crippen LogP contribution in [0.15, 0.2) is 29.4 Å². The van der Waals surface area contributed by atoms with E-state index in [9.17, 15) is 27.6 Å². The first-order chi connectivity index (χ1) is 29.0. The largest absolute Gasteiger partial charge is 0.377 e. The van der Waals surface area contributed by atoms with Gasteiger partial charge in [-0.05, 0) is 31.7 Å². The highest BCUT2D eigenvalue weighted by atomic mass is 32.2. The predicted molar refractivity (Wildman–Crippen MR) is 232 cm³/mol. The number of hydrazone groups is 1. The van der Waals surface area contributed by atoms with Gasteiger partial charge in [0.2, 0.25) is 33.7 Å². The summed E-state index contributed by atoms with van der Waals surface area (Å²) in [4.78, 5) is 48.0. The molecular weight excluding hydrogens is 797 g/mol. The number of ether oxygens (including phenoxy) is 4. The summed E-state index contributed by atoms with van der Waals surface area (Å²) in [6.07, 6.45) is 15.4. The molecule has 0 saturated carbocycles. The second-order valence-corrected chi connectivity index (χ2v) is 16.4. The Bertz CT molecular complexity index is 1430. The summed E-state index contributed by atoms with van der Waals surface area (Å²) in [6.45, 7) is 4.21. The molecule has 0 fully saturated rings. The van der Waals surface area contributed by atoms with Gasteiger partial charge in [0.15, 0.2) is 0 Å². The van der Waals surface area contributed by atoms with E-state index in [1.165, 1.54) is 44.9 Å². The fourth-order valence-corrected chi connectivity index (χ4v) is 6.86. The van der Waals surface area contributed by atoms with Gasteiger partial charge in [-0.25, -0.2) is 14.3 Å². The van der Waals surface area contributed by atoms with E-state index in [1.54, 1.807) is 0 Å². The fourth-order valence-electron chi connectivity index (χ4n) is 5.79. The average Bonchev–Trinajstić information content (AvgIpc) is 3.22. The number of carbonyl (C=O) groups excluding carboxylic acids is 4.